The molecule has 2 heteroatoms. The molecule has 102 valence electrons. The van der Waals surface area contributed by atoms with E-state index < -0.39 is 0 Å². The average molecular weight is 250 g/mol. The van der Waals surface area contributed by atoms with E-state index >= 15 is 0 Å². The minimum atomic E-state index is -0.118. The van der Waals surface area contributed by atoms with Crippen LogP contribution in [0.15, 0.2) is 23.8 Å². The lowest BCUT2D eigenvalue weighted by atomic mass is 9.85. The van der Waals surface area contributed by atoms with Crippen LogP contribution in [0, 0.1) is 11.8 Å². The Hall–Kier alpha value is -1.05. The van der Waals surface area contributed by atoms with E-state index in [2.05, 4.69) is 26.0 Å². The monoisotopic (exact) mass is 250 g/mol. The number of esters is 1. The number of hydrogen-bond acceptors (Lipinski definition) is 2. The molecule has 2 nitrogen and oxygen atoms in total. The van der Waals surface area contributed by atoms with Gasteiger partial charge in [0.05, 0.1) is 6.61 Å². The molecule has 0 heterocycles. The highest BCUT2D eigenvalue weighted by Crippen LogP contribution is 2.25. The van der Waals surface area contributed by atoms with Crippen molar-refractivity contribution in [3.63, 3.8) is 0 Å². The Morgan fingerprint density at radius 1 is 1.33 bits per heavy atom. The van der Waals surface area contributed by atoms with Gasteiger partial charge in [0, 0.05) is 5.57 Å². The average Bonchev–Trinajstić information content (AvgIpc) is 2.38. The Bertz CT molecular complexity index is 315. The highest BCUT2D eigenvalue weighted by atomic mass is 16.5. The molecule has 18 heavy (non-hydrogen) atoms. The third kappa shape index (κ3) is 4.67. The Balaban J connectivity index is 2.42. The minimum Gasteiger partial charge on any atom is -0.462 e. The molecule has 0 saturated carbocycles. The maximum Gasteiger partial charge on any atom is 0.333 e. The number of rotatable bonds is 6. The molecule has 0 bridgehead atoms. The smallest absolute Gasteiger partial charge is 0.333 e. The molecule has 0 aliphatic heterocycles. The summed E-state index contributed by atoms with van der Waals surface area (Å²) in [6.07, 6.45) is 11.4. The van der Waals surface area contributed by atoms with Crippen molar-refractivity contribution in [2.75, 3.05) is 6.61 Å². The molecule has 2 atom stereocenters. The quantitative estimate of drug-likeness (QED) is 0.400. The first-order chi connectivity index (χ1) is 8.69. The van der Waals surface area contributed by atoms with Crippen LogP contribution in [0.2, 0.25) is 0 Å². The molecule has 0 fully saturated rings. The van der Waals surface area contributed by atoms with Crippen LogP contribution >= 0.6 is 0 Å². The lowest BCUT2D eigenvalue weighted by Crippen LogP contribution is -2.22. The summed E-state index contributed by atoms with van der Waals surface area (Å²) in [5.41, 5.74) is 0.829. The zero-order chi connectivity index (χ0) is 13.4. The van der Waals surface area contributed by atoms with Gasteiger partial charge >= 0.3 is 5.97 Å². The maximum atomic E-state index is 11.9. The molecule has 0 aromatic carbocycles. The summed E-state index contributed by atoms with van der Waals surface area (Å²) in [6, 6.07) is 0. The van der Waals surface area contributed by atoms with E-state index in [4.69, 9.17) is 4.74 Å². The van der Waals surface area contributed by atoms with Gasteiger partial charge in [0.15, 0.2) is 0 Å². The van der Waals surface area contributed by atoms with Crippen molar-refractivity contribution in [3.05, 3.63) is 23.8 Å². The van der Waals surface area contributed by atoms with E-state index in [0.717, 1.165) is 37.7 Å². The van der Waals surface area contributed by atoms with Crippen LogP contribution in [0.25, 0.3) is 0 Å². The molecule has 0 radical (unpaired) electrons. The molecule has 0 N–H and O–H groups in total. The van der Waals surface area contributed by atoms with Crippen LogP contribution in [0.4, 0.5) is 0 Å². The molecule has 0 amide bonds. The lowest BCUT2D eigenvalue weighted by Gasteiger charge is -2.24. The van der Waals surface area contributed by atoms with Gasteiger partial charge in [0.2, 0.25) is 0 Å². The predicted molar refractivity (Wildman–Crippen MR) is 75.3 cm³/mol. The van der Waals surface area contributed by atoms with Crippen molar-refractivity contribution in [1.82, 2.24) is 0 Å². The topological polar surface area (TPSA) is 26.3 Å². The van der Waals surface area contributed by atoms with Crippen molar-refractivity contribution in [2.45, 2.75) is 52.9 Å². The molecule has 1 aliphatic carbocycles. The van der Waals surface area contributed by atoms with Crippen LogP contribution in [-0.4, -0.2) is 12.6 Å². The van der Waals surface area contributed by atoms with Gasteiger partial charge in [-0.25, -0.2) is 4.79 Å². The van der Waals surface area contributed by atoms with E-state index in [0.29, 0.717) is 18.4 Å². The van der Waals surface area contributed by atoms with E-state index in [1.54, 1.807) is 0 Å². The second-order valence-electron chi connectivity index (χ2n) is 5.15. The van der Waals surface area contributed by atoms with Crippen molar-refractivity contribution in [3.8, 4) is 0 Å². The number of carbonyl (C=O) groups excluding carboxylic acids is 1. The van der Waals surface area contributed by atoms with E-state index in [-0.39, 0.29) is 5.97 Å². The summed E-state index contributed by atoms with van der Waals surface area (Å²) in [6.45, 7) is 6.92. The molecule has 0 aromatic heterocycles. The minimum absolute atomic E-state index is 0.118. The number of carbonyl (C=O) groups is 1. The van der Waals surface area contributed by atoms with Crippen LogP contribution < -0.4 is 0 Å². The van der Waals surface area contributed by atoms with Crippen LogP contribution in [0.5, 0.6) is 0 Å². The van der Waals surface area contributed by atoms with Crippen LogP contribution in [-0.2, 0) is 9.53 Å². The van der Waals surface area contributed by atoms with Gasteiger partial charge in [-0.1, -0.05) is 45.4 Å². The predicted octanol–water partition coefficient (Wildman–Crippen LogP) is 4.27. The van der Waals surface area contributed by atoms with Gasteiger partial charge < -0.3 is 4.74 Å². The summed E-state index contributed by atoms with van der Waals surface area (Å²) in [7, 11) is 0. The number of allylic oxidation sites excluding steroid dienone is 3. The molecule has 0 unspecified atom stereocenters. The van der Waals surface area contributed by atoms with E-state index in [9.17, 15) is 4.79 Å². The third-order valence-electron chi connectivity index (χ3n) is 3.67. The molecular weight excluding hydrogens is 224 g/mol. The maximum absolute atomic E-state index is 11.9. The highest BCUT2D eigenvalue weighted by molar-refractivity contribution is 5.88. The zero-order valence-electron chi connectivity index (χ0n) is 11.9. The summed E-state index contributed by atoms with van der Waals surface area (Å²) in [5, 5.41) is 0. The number of ether oxygens (including phenoxy) is 1. The lowest BCUT2D eigenvalue weighted by molar-refractivity contribution is -0.141. The van der Waals surface area contributed by atoms with Gasteiger partial charge in [0.1, 0.15) is 0 Å². The van der Waals surface area contributed by atoms with Gasteiger partial charge in [-0.3, -0.25) is 0 Å². The fourth-order valence-electron chi connectivity index (χ4n) is 2.20. The van der Waals surface area contributed by atoms with Gasteiger partial charge in [-0.15, -0.1) is 0 Å². The fourth-order valence-corrected chi connectivity index (χ4v) is 2.20. The van der Waals surface area contributed by atoms with Crippen molar-refractivity contribution < 1.29 is 9.53 Å². The molecule has 1 aliphatic rings. The number of hydrogen-bond donors (Lipinski definition) is 0. The Kier molecular flexibility index (Phi) is 6.77. The van der Waals surface area contributed by atoms with Crippen LogP contribution in [0.3, 0.4) is 0 Å². The molecule has 1 rings (SSSR count). The van der Waals surface area contributed by atoms with E-state index in [1.165, 1.54) is 0 Å². The Labute approximate surface area is 111 Å². The first kappa shape index (κ1) is 15.0. The van der Waals surface area contributed by atoms with E-state index in [1.807, 2.05) is 13.0 Å². The zero-order valence-corrected chi connectivity index (χ0v) is 11.9. The first-order valence-corrected chi connectivity index (χ1v) is 7.20. The number of unbranched alkanes of at least 4 members (excludes halogenated alkanes) is 1. The molecule has 0 spiro atoms. The van der Waals surface area contributed by atoms with Crippen LogP contribution in [0.1, 0.15) is 52.9 Å². The SMILES string of the molecule is CCC/C=C(\CC)C(=O)OC[C@@H]1CC=CC[C@@H]1C. The molecular formula is C16H26O2. The largest absolute Gasteiger partial charge is 0.462 e. The van der Waals surface area contributed by atoms with Gasteiger partial charge in [-0.2, -0.15) is 0 Å². The van der Waals surface area contributed by atoms with Crippen molar-refractivity contribution in [2.24, 2.45) is 11.8 Å². The van der Waals surface area contributed by atoms with Crippen molar-refractivity contribution in [1.29, 1.82) is 0 Å². The van der Waals surface area contributed by atoms with Crippen molar-refractivity contribution >= 4 is 5.97 Å². The second-order valence-corrected chi connectivity index (χ2v) is 5.15. The third-order valence-corrected chi connectivity index (χ3v) is 3.67. The fraction of sp³-hybridized carbons (Fsp3) is 0.688. The van der Waals surface area contributed by atoms with Gasteiger partial charge in [0.25, 0.3) is 0 Å². The highest BCUT2D eigenvalue weighted by Gasteiger charge is 2.20. The summed E-state index contributed by atoms with van der Waals surface area (Å²) in [5.74, 6) is 0.989. The van der Waals surface area contributed by atoms with Gasteiger partial charge in [-0.05, 0) is 37.5 Å². The Morgan fingerprint density at radius 2 is 2.06 bits per heavy atom. The molecule has 0 aromatic rings. The standard InChI is InChI=1S/C16H26O2/c1-4-6-10-14(5-2)16(17)18-12-15-11-8-7-9-13(15)3/h7-8,10,13,15H,4-6,9,11-12H2,1-3H3/b14-10+/t13-,15-/m0/s1. The normalized spacial score (nSPS) is 24.1. The Morgan fingerprint density at radius 3 is 2.67 bits per heavy atom. The summed E-state index contributed by atoms with van der Waals surface area (Å²) < 4.78 is 5.46. The molecule has 0 saturated heterocycles. The summed E-state index contributed by atoms with van der Waals surface area (Å²) in [4.78, 5) is 11.9. The summed E-state index contributed by atoms with van der Waals surface area (Å²) >= 11 is 0. The first-order valence-electron chi connectivity index (χ1n) is 7.20. The second kappa shape index (κ2) is 8.12.